The lowest BCUT2D eigenvalue weighted by Gasteiger charge is -2.07. The first-order valence-electron chi connectivity index (χ1n) is 3.76. The smallest absolute Gasteiger partial charge is 0.333 e. The van der Waals surface area contributed by atoms with Gasteiger partial charge in [-0.05, 0) is 0 Å². The molecular weight excluding hydrogens is 214 g/mol. The lowest BCUT2D eigenvalue weighted by molar-refractivity contribution is -0.146. The van der Waals surface area contributed by atoms with Gasteiger partial charge >= 0.3 is 5.97 Å². The second kappa shape index (κ2) is 5.91. The number of hydrogen-bond acceptors (Lipinski definition) is 5. The van der Waals surface area contributed by atoms with Gasteiger partial charge < -0.3 is 14.9 Å². The van der Waals surface area contributed by atoms with Gasteiger partial charge in [0.15, 0.2) is 6.10 Å². The lowest BCUT2D eigenvalue weighted by Crippen LogP contribution is -2.38. The molecule has 0 saturated heterocycles. The van der Waals surface area contributed by atoms with Crippen molar-refractivity contribution in [3.8, 4) is 0 Å². The van der Waals surface area contributed by atoms with Gasteiger partial charge in [0.2, 0.25) is 10.0 Å². The molecule has 0 heterocycles. The number of aliphatic carboxylic acids is 1. The minimum Gasteiger partial charge on any atom is -0.479 e. The van der Waals surface area contributed by atoms with Crippen LogP contribution in [0.4, 0.5) is 0 Å². The fourth-order valence-corrected chi connectivity index (χ4v) is 1.50. The van der Waals surface area contributed by atoms with E-state index < -0.39 is 28.6 Å². The van der Waals surface area contributed by atoms with E-state index in [1.165, 1.54) is 7.11 Å². The number of aliphatic hydroxyl groups excluding tert-OH is 1. The van der Waals surface area contributed by atoms with E-state index in [0.29, 0.717) is 0 Å². The number of aliphatic hydroxyl groups is 1. The highest BCUT2D eigenvalue weighted by molar-refractivity contribution is 7.89. The highest BCUT2D eigenvalue weighted by Crippen LogP contribution is 1.87. The summed E-state index contributed by atoms with van der Waals surface area (Å²) in [6.07, 6.45) is -1.73. The molecule has 0 aromatic heterocycles. The predicted molar refractivity (Wildman–Crippen MR) is 47.3 cm³/mol. The highest BCUT2D eigenvalue weighted by Gasteiger charge is 2.17. The third-order valence-electron chi connectivity index (χ3n) is 1.34. The van der Waals surface area contributed by atoms with E-state index in [2.05, 4.69) is 4.74 Å². The maximum atomic E-state index is 11.0. The molecule has 0 aliphatic carbocycles. The zero-order valence-corrected chi connectivity index (χ0v) is 8.45. The Morgan fingerprint density at radius 1 is 1.57 bits per heavy atom. The average Bonchev–Trinajstić information content (AvgIpc) is 2.11. The number of hydrogen-bond donors (Lipinski definition) is 3. The summed E-state index contributed by atoms with van der Waals surface area (Å²) in [7, 11) is -2.22. The van der Waals surface area contributed by atoms with Crippen LogP contribution in [0.2, 0.25) is 0 Å². The number of carboxylic acids is 1. The van der Waals surface area contributed by atoms with Crippen molar-refractivity contribution in [2.75, 3.05) is 26.0 Å². The Bertz CT molecular complexity index is 274. The Hall–Kier alpha value is -0.700. The Labute approximate surface area is 81.7 Å². The first kappa shape index (κ1) is 13.3. The summed E-state index contributed by atoms with van der Waals surface area (Å²) in [6, 6.07) is 0. The van der Waals surface area contributed by atoms with Gasteiger partial charge in [0.1, 0.15) is 0 Å². The van der Waals surface area contributed by atoms with Gasteiger partial charge in [-0.3, -0.25) is 0 Å². The van der Waals surface area contributed by atoms with E-state index in [1.807, 2.05) is 4.72 Å². The van der Waals surface area contributed by atoms with Crippen LogP contribution in [0.25, 0.3) is 0 Å². The van der Waals surface area contributed by atoms with Gasteiger partial charge in [0.25, 0.3) is 0 Å². The summed E-state index contributed by atoms with van der Waals surface area (Å²) in [5.74, 6) is -1.74. The zero-order chi connectivity index (χ0) is 11.2. The maximum absolute atomic E-state index is 11.0. The predicted octanol–water partition coefficient (Wildman–Crippen LogP) is -2.00. The second-order valence-electron chi connectivity index (χ2n) is 2.51. The van der Waals surface area contributed by atoms with Crippen molar-refractivity contribution in [1.82, 2.24) is 4.72 Å². The van der Waals surface area contributed by atoms with Crippen LogP contribution >= 0.6 is 0 Å². The summed E-state index contributed by atoms with van der Waals surface area (Å²) in [6.45, 7) is -0.528. The van der Waals surface area contributed by atoms with Crippen molar-refractivity contribution < 1.29 is 28.2 Å². The number of sulfonamides is 1. The van der Waals surface area contributed by atoms with E-state index >= 15 is 0 Å². The monoisotopic (exact) mass is 227 g/mol. The van der Waals surface area contributed by atoms with Crippen LogP contribution in [0.1, 0.15) is 0 Å². The molecule has 0 rings (SSSR count). The Kier molecular flexibility index (Phi) is 5.62. The molecule has 1 unspecified atom stereocenters. The normalized spacial score (nSPS) is 13.9. The molecule has 1 atom stereocenters. The number of carbonyl (C=O) groups is 1. The van der Waals surface area contributed by atoms with E-state index in [1.54, 1.807) is 0 Å². The largest absolute Gasteiger partial charge is 0.479 e. The Balaban J connectivity index is 3.93. The van der Waals surface area contributed by atoms with Crippen molar-refractivity contribution in [2.45, 2.75) is 6.10 Å². The Morgan fingerprint density at radius 3 is 2.57 bits per heavy atom. The van der Waals surface area contributed by atoms with Gasteiger partial charge in [-0.1, -0.05) is 0 Å². The van der Waals surface area contributed by atoms with Crippen LogP contribution < -0.4 is 4.72 Å². The van der Waals surface area contributed by atoms with Crippen molar-refractivity contribution in [3.05, 3.63) is 0 Å². The van der Waals surface area contributed by atoms with Gasteiger partial charge in [0.05, 0.1) is 12.4 Å². The quantitative estimate of drug-likeness (QED) is 0.463. The van der Waals surface area contributed by atoms with Gasteiger partial charge in [-0.15, -0.1) is 0 Å². The van der Waals surface area contributed by atoms with Crippen molar-refractivity contribution in [3.63, 3.8) is 0 Å². The summed E-state index contributed by atoms with van der Waals surface area (Å²) in [5.41, 5.74) is 0. The van der Waals surface area contributed by atoms with Gasteiger partial charge in [-0.25, -0.2) is 17.9 Å². The summed E-state index contributed by atoms with van der Waals surface area (Å²) in [5, 5.41) is 17.0. The topological polar surface area (TPSA) is 113 Å². The minimum atomic E-state index is -3.57. The van der Waals surface area contributed by atoms with Crippen LogP contribution in [-0.4, -0.2) is 56.7 Å². The lowest BCUT2D eigenvalue weighted by atomic mass is 10.4. The van der Waals surface area contributed by atoms with Crippen molar-refractivity contribution in [1.29, 1.82) is 0 Å². The molecule has 0 saturated carbocycles. The molecular formula is C6H13NO6S. The maximum Gasteiger partial charge on any atom is 0.333 e. The van der Waals surface area contributed by atoms with Crippen LogP contribution in [0.5, 0.6) is 0 Å². The number of carboxylic acid groups (broad SMARTS) is 1. The molecule has 8 heteroatoms. The molecule has 3 N–H and O–H groups in total. The highest BCUT2D eigenvalue weighted by atomic mass is 32.2. The van der Waals surface area contributed by atoms with Gasteiger partial charge in [0, 0.05) is 13.7 Å². The third kappa shape index (κ3) is 5.86. The second-order valence-corrected chi connectivity index (χ2v) is 4.44. The number of ether oxygens (including phenoxy) is 1. The van der Waals surface area contributed by atoms with E-state index in [-0.39, 0.29) is 12.4 Å². The van der Waals surface area contributed by atoms with Gasteiger partial charge in [-0.2, -0.15) is 0 Å². The fourth-order valence-electron chi connectivity index (χ4n) is 0.558. The third-order valence-corrected chi connectivity index (χ3v) is 2.65. The molecule has 7 nitrogen and oxygen atoms in total. The van der Waals surface area contributed by atoms with Crippen molar-refractivity contribution in [2.24, 2.45) is 0 Å². The molecule has 14 heavy (non-hydrogen) atoms. The molecule has 0 aliphatic rings. The SMILES string of the molecule is COCCS(=O)(=O)NCC(O)C(=O)O. The molecule has 0 aromatic rings. The van der Waals surface area contributed by atoms with E-state index in [0.717, 1.165) is 0 Å². The molecule has 0 aliphatic heterocycles. The first-order valence-corrected chi connectivity index (χ1v) is 5.41. The Morgan fingerprint density at radius 2 is 2.14 bits per heavy atom. The number of rotatable bonds is 7. The molecule has 0 spiro atoms. The minimum absolute atomic E-state index is 0.0124. The molecule has 0 radical (unpaired) electrons. The van der Waals surface area contributed by atoms with E-state index in [9.17, 15) is 13.2 Å². The zero-order valence-electron chi connectivity index (χ0n) is 7.63. The molecule has 0 aromatic carbocycles. The average molecular weight is 227 g/mol. The van der Waals surface area contributed by atoms with Crippen LogP contribution in [0, 0.1) is 0 Å². The number of methoxy groups -OCH3 is 1. The molecule has 0 fully saturated rings. The summed E-state index contributed by atoms with van der Waals surface area (Å²) < 4.78 is 28.5. The fraction of sp³-hybridized carbons (Fsp3) is 0.833. The van der Waals surface area contributed by atoms with Crippen LogP contribution in [-0.2, 0) is 19.6 Å². The van der Waals surface area contributed by atoms with Crippen LogP contribution in [0.15, 0.2) is 0 Å². The van der Waals surface area contributed by atoms with Crippen LogP contribution in [0.3, 0.4) is 0 Å². The standard InChI is InChI=1S/C6H13NO6S/c1-13-2-3-14(11,12)7-4-5(8)6(9)10/h5,7-8H,2-4H2,1H3,(H,9,10). The molecule has 0 bridgehead atoms. The summed E-state index contributed by atoms with van der Waals surface area (Å²) >= 11 is 0. The number of nitrogens with one attached hydrogen (secondary N) is 1. The molecule has 0 amide bonds. The van der Waals surface area contributed by atoms with Crippen molar-refractivity contribution >= 4 is 16.0 Å². The molecule has 84 valence electrons. The summed E-state index contributed by atoms with van der Waals surface area (Å²) in [4.78, 5) is 10.1. The first-order chi connectivity index (χ1) is 6.39. The van der Waals surface area contributed by atoms with E-state index in [4.69, 9.17) is 10.2 Å².